The average Bonchev–Trinajstić information content (AvgIpc) is 3.20. The number of fused-ring (bicyclic) bond motifs is 3. The molecule has 0 unspecified atom stereocenters. The van der Waals surface area contributed by atoms with Crippen LogP contribution in [0.2, 0.25) is 0 Å². The van der Waals surface area contributed by atoms with Crippen LogP contribution in [0.3, 0.4) is 0 Å². The molecule has 0 saturated carbocycles. The number of benzene rings is 2. The van der Waals surface area contributed by atoms with Crippen molar-refractivity contribution < 1.29 is 18.3 Å². The van der Waals surface area contributed by atoms with Gasteiger partial charge in [-0.25, -0.2) is 8.42 Å². The van der Waals surface area contributed by atoms with E-state index in [-0.39, 0.29) is 29.5 Å². The Morgan fingerprint density at radius 3 is 2.70 bits per heavy atom. The lowest BCUT2D eigenvalue weighted by molar-refractivity contribution is 0.193. The molecule has 0 spiro atoms. The number of aliphatic hydroxyl groups is 1. The molecule has 0 aliphatic carbocycles. The molecular formula is C23H28N2O4S. The summed E-state index contributed by atoms with van der Waals surface area (Å²) in [5.41, 5.74) is 2.98. The first kappa shape index (κ1) is 20.9. The highest BCUT2D eigenvalue weighted by Crippen LogP contribution is 2.51. The van der Waals surface area contributed by atoms with Crippen molar-refractivity contribution >= 4 is 21.8 Å². The summed E-state index contributed by atoms with van der Waals surface area (Å²) in [5.74, 6) is 0.355. The third kappa shape index (κ3) is 3.21. The minimum Gasteiger partial charge on any atom is -0.495 e. The second-order valence-corrected chi connectivity index (χ2v) is 9.70. The normalized spacial score (nSPS) is 24.1. The molecule has 0 amide bonds. The van der Waals surface area contributed by atoms with Crippen LogP contribution in [-0.4, -0.2) is 51.2 Å². The van der Waals surface area contributed by atoms with E-state index in [2.05, 4.69) is 11.0 Å². The van der Waals surface area contributed by atoms with Gasteiger partial charge in [0.25, 0.3) is 0 Å². The van der Waals surface area contributed by atoms with Gasteiger partial charge in [0.15, 0.2) is 0 Å². The summed E-state index contributed by atoms with van der Waals surface area (Å²) in [5, 5.41) is 10.1. The molecule has 160 valence electrons. The Bertz CT molecular complexity index is 1070. The molecule has 0 aromatic heterocycles. The van der Waals surface area contributed by atoms with Crippen molar-refractivity contribution in [2.75, 3.05) is 32.2 Å². The SMILES string of the molecule is C/C=C/c1ccc2c(c1)[C@@H]1[C@@H](CCN1S(=O)(=O)c1ccccc1OC)[C@H](CO)N2C. The maximum atomic E-state index is 13.7. The topological polar surface area (TPSA) is 70.1 Å². The Kier molecular flexibility index (Phi) is 5.61. The zero-order chi connectivity index (χ0) is 21.5. The van der Waals surface area contributed by atoms with Crippen LogP contribution in [0, 0.1) is 5.92 Å². The van der Waals surface area contributed by atoms with Gasteiger partial charge in [-0.05, 0) is 48.7 Å². The number of hydrogen-bond donors (Lipinski definition) is 1. The van der Waals surface area contributed by atoms with E-state index < -0.39 is 10.0 Å². The number of para-hydroxylation sites is 1. The first-order valence-electron chi connectivity index (χ1n) is 10.2. The first-order valence-corrected chi connectivity index (χ1v) is 11.6. The van der Waals surface area contributed by atoms with Crippen molar-refractivity contribution in [2.24, 2.45) is 5.92 Å². The molecule has 1 saturated heterocycles. The molecule has 2 aliphatic heterocycles. The third-order valence-electron chi connectivity index (χ3n) is 6.34. The average molecular weight is 429 g/mol. The number of anilines is 1. The smallest absolute Gasteiger partial charge is 0.247 e. The van der Waals surface area contributed by atoms with Crippen LogP contribution in [0.5, 0.6) is 5.75 Å². The van der Waals surface area contributed by atoms with E-state index in [0.29, 0.717) is 18.7 Å². The third-order valence-corrected chi connectivity index (χ3v) is 8.26. The second-order valence-electron chi connectivity index (χ2n) is 7.84. The summed E-state index contributed by atoms with van der Waals surface area (Å²) in [6.45, 7) is 2.35. The highest BCUT2D eigenvalue weighted by Gasteiger charge is 2.50. The lowest BCUT2D eigenvalue weighted by atomic mass is 9.82. The maximum Gasteiger partial charge on any atom is 0.247 e. The maximum absolute atomic E-state index is 13.7. The number of aliphatic hydroxyl groups excluding tert-OH is 1. The number of sulfonamides is 1. The van der Waals surface area contributed by atoms with E-state index in [1.807, 2.05) is 38.3 Å². The lowest BCUT2D eigenvalue weighted by Crippen LogP contribution is -2.48. The number of nitrogens with zero attached hydrogens (tertiary/aromatic N) is 2. The van der Waals surface area contributed by atoms with E-state index in [0.717, 1.165) is 16.8 Å². The predicted octanol–water partition coefficient (Wildman–Crippen LogP) is 3.29. The van der Waals surface area contributed by atoms with E-state index in [4.69, 9.17) is 4.74 Å². The number of allylic oxidation sites excluding steroid dienone is 1. The predicted molar refractivity (Wildman–Crippen MR) is 118 cm³/mol. The van der Waals surface area contributed by atoms with Crippen molar-refractivity contribution in [3.63, 3.8) is 0 Å². The molecule has 1 N–H and O–H groups in total. The van der Waals surface area contributed by atoms with Crippen molar-refractivity contribution in [2.45, 2.75) is 30.3 Å². The minimum absolute atomic E-state index is 0.0119. The molecule has 3 atom stereocenters. The highest BCUT2D eigenvalue weighted by molar-refractivity contribution is 7.89. The Balaban J connectivity index is 1.87. The van der Waals surface area contributed by atoms with Gasteiger partial charge in [-0.15, -0.1) is 0 Å². The zero-order valence-electron chi connectivity index (χ0n) is 17.5. The van der Waals surface area contributed by atoms with Crippen LogP contribution in [0.25, 0.3) is 6.08 Å². The number of rotatable bonds is 5. The van der Waals surface area contributed by atoms with Gasteiger partial charge in [0, 0.05) is 25.2 Å². The summed E-state index contributed by atoms with van der Waals surface area (Å²) in [7, 11) is -0.321. The zero-order valence-corrected chi connectivity index (χ0v) is 18.3. The van der Waals surface area contributed by atoms with Gasteiger partial charge in [-0.2, -0.15) is 4.31 Å². The molecule has 6 nitrogen and oxygen atoms in total. The quantitative estimate of drug-likeness (QED) is 0.791. The summed E-state index contributed by atoms with van der Waals surface area (Å²) < 4.78 is 34.4. The Labute approximate surface area is 178 Å². The molecule has 2 aliphatic rings. The van der Waals surface area contributed by atoms with E-state index >= 15 is 0 Å². The van der Waals surface area contributed by atoms with Crippen LogP contribution >= 0.6 is 0 Å². The molecule has 2 heterocycles. The highest BCUT2D eigenvalue weighted by atomic mass is 32.2. The van der Waals surface area contributed by atoms with Gasteiger partial charge < -0.3 is 14.7 Å². The molecule has 0 radical (unpaired) electrons. The number of likely N-dealkylation sites (N-methyl/N-ethyl adjacent to an activating group) is 1. The van der Waals surface area contributed by atoms with E-state index in [1.165, 1.54) is 7.11 Å². The summed E-state index contributed by atoms with van der Waals surface area (Å²) in [4.78, 5) is 2.27. The fraction of sp³-hybridized carbons (Fsp3) is 0.391. The Morgan fingerprint density at radius 1 is 1.23 bits per heavy atom. The molecule has 2 aromatic carbocycles. The lowest BCUT2D eigenvalue weighted by Gasteiger charge is -2.44. The van der Waals surface area contributed by atoms with Gasteiger partial charge in [-0.3, -0.25) is 0 Å². The number of hydrogen-bond acceptors (Lipinski definition) is 5. The number of methoxy groups -OCH3 is 1. The fourth-order valence-corrected chi connectivity index (χ4v) is 6.78. The molecule has 4 rings (SSSR count). The molecular weight excluding hydrogens is 400 g/mol. The van der Waals surface area contributed by atoms with Gasteiger partial charge in [0.05, 0.1) is 25.8 Å². The number of ether oxygens (including phenoxy) is 1. The Morgan fingerprint density at radius 2 is 2.00 bits per heavy atom. The van der Waals surface area contributed by atoms with Gasteiger partial charge in [0.1, 0.15) is 10.6 Å². The summed E-state index contributed by atoms with van der Waals surface area (Å²) in [6, 6.07) is 12.4. The second kappa shape index (κ2) is 8.06. The minimum atomic E-state index is -3.78. The Hall–Kier alpha value is -2.35. The summed E-state index contributed by atoms with van der Waals surface area (Å²) in [6.07, 6.45) is 4.68. The molecule has 30 heavy (non-hydrogen) atoms. The van der Waals surface area contributed by atoms with Crippen molar-refractivity contribution in [1.82, 2.24) is 4.31 Å². The van der Waals surface area contributed by atoms with Gasteiger partial charge in [-0.1, -0.05) is 30.4 Å². The molecule has 2 aromatic rings. The van der Waals surface area contributed by atoms with E-state index in [1.54, 1.807) is 28.6 Å². The van der Waals surface area contributed by atoms with Crippen LogP contribution in [-0.2, 0) is 10.0 Å². The van der Waals surface area contributed by atoms with Gasteiger partial charge in [0.2, 0.25) is 10.0 Å². The van der Waals surface area contributed by atoms with Crippen molar-refractivity contribution in [3.8, 4) is 5.75 Å². The van der Waals surface area contributed by atoms with Crippen molar-refractivity contribution in [3.05, 3.63) is 59.7 Å². The standard InChI is InChI=1S/C23H28N2O4S/c1-4-7-16-10-11-19-18(14-16)23-17(20(15-26)24(19)2)12-13-25(23)30(27,28)22-9-6-5-8-21(22)29-3/h4-11,14,17,20,23,26H,12-13,15H2,1-3H3/b7-4+/t17-,20-,23-/m0/s1. The fourth-order valence-electron chi connectivity index (χ4n) is 4.95. The first-order chi connectivity index (χ1) is 14.4. The summed E-state index contributed by atoms with van der Waals surface area (Å²) >= 11 is 0. The van der Waals surface area contributed by atoms with Crippen molar-refractivity contribution in [1.29, 1.82) is 0 Å². The van der Waals surface area contributed by atoms with E-state index in [9.17, 15) is 13.5 Å². The molecule has 0 bridgehead atoms. The van der Waals surface area contributed by atoms with Crippen LogP contribution in [0.4, 0.5) is 5.69 Å². The largest absolute Gasteiger partial charge is 0.495 e. The molecule has 1 fully saturated rings. The van der Waals surface area contributed by atoms with Crippen LogP contribution in [0.15, 0.2) is 53.4 Å². The monoisotopic (exact) mass is 428 g/mol. The van der Waals surface area contributed by atoms with Crippen LogP contribution < -0.4 is 9.64 Å². The van der Waals surface area contributed by atoms with Crippen LogP contribution in [0.1, 0.15) is 30.5 Å². The van der Waals surface area contributed by atoms with Gasteiger partial charge >= 0.3 is 0 Å². The molecule has 7 heteroatoms.